The number of aromatic nitrogens is 1. The van der Waals surface area contributed by atoms with Crippen molar-refractivity contribution in [2.75, 3.05) is 13.2 Å². The summed E-state index contributed by atoms with van der Waals surface area (Å²) in [6.07, 6.45) is 3.70. The molecule has 1 aromatic rings. The summed E-state index contributed by atoms with van der Waals surface area (Å²) in [5, 5.41) is 8.96. The average Bonchev–Trinajstić information content (AvgIpc) is 3.09. The third-order valence-electron chi connectivity index (χ3n) is 2.58. The first-order valence-corrected chi connectivity index (χ1v) is 6.05. The van der Waals surface area contributed by atoms with Gasteiger partial charge in [0.2, 0.25) is 0 Å². The Morgan fingerprint density at radius 3 is 2.94 bits per heavy atom. The fourth-order valence-corrected chi connectivity index (χ4v) is 2.06. The van der Waals surface area contributed by atoms with Gasteiger partial charge in [-0.25, -0.2) is 4.98 Å². The van der Waals surface area contributed by atoms with E-state index in [9.17, 15) is 4.79 Å². The third-order valence-corrected chi connectivity index (χ3v) is 3.21. The van der Waals surface area contributed by atoms with Gasteiger partial charge in [0.25, 0.3) is 5.91 Å². The molecule has 1 fully saturated rings. The Kier molecular flexibility index (Phi) is 3.56. The SMILES string of the molecule is O=C(c1cccnc1Br)N(CCO)C1CC1. The molecule has 0 atom stereocenters. The van der Waals surface area contributed by atoms with Crippen LogP contribution in [0.5, 0.6) is 0 Å². The number of aliphatic hydroxyl groups is 1. The molecule has 5 heteroatoms. The number of carbonyl (C=O) groups excluding carboxylic acids is 1. The van der Waals surface area contributed by atoms with E-state index in [2.05, 4.69) is 20.9 Å². The summed E-state index contributed by atoms with van der Waals surface area (Å²) in [5.74, 6) is -0.0588. The fourth-order valence-electron chi connectivity index (χ4n) is 1.64. The Morgan fingerprint density at radius 2 is 2.38 bits per heavy atom. The molecule has 0 bridgehead atoms. The molecule has 1 amide bonds. The Morgan fingerprint density at radius 1 is 1.62 bits per heavy atom. The van der Waals surface area contributed by atoms with Crippen molar-refractivity contribution in [1.29, 1.82) is 0 Å². The van der Waals surface area contributed by atoms with Crippen molar-refractivity contribution in [2.45, 2.75) is 18.9 Å². The number of pyridine rings is 1. The van der Waals surface area contributed by atoms with E-state index in [0.29, 0.717) is 22.8 Å². The van der Waals surface area contributed by atoms with Crippen LogP contribution < -0.4 is 0 Å². The van der Waals surface area contributed by atoms with Crippen LogP contribution in [0.25, 0.3) is 0 Å². The van der Waals surface area contributed by atoms with Crippen molar-refractivity contribution in [3.63, 3.8) is 0 Å². The topological polar surface area (TPSA) is 53.4 Å². The first kappa shape index (κ1) is 11.5. The van der Waals surface area contributed by atoms with E-state index in [4.69, 9.17) is 5.11 Å². The van der Waals surface area contributed by atoms with Gasteiger partial charge < -0.3 is 10.0 Å². The van der Waals surface area contributed by atoms with Crippen LogP contribution >= 0.6 is 15.9 Å². The summed E-state index contributed by atoms with van der Waals surface area (Å²) in [6.45, 7) is 0.394. The highest BCUT2D eigenvalue weighted by molar-refractivity contribution is 9.10. The third kappa shape index (κ3) is 2.41. The maximum absolute atomic E-state index is 12.2. The maximum Gasteiger partial charge on any atom is 0.256 e. The van der Waals surface area contributed by atoms with Gasteiger partial charge in [0.1, 0.15) is 4.60 Å². The van der Waals surface area contributed by atoms with Gasteiger partial charge in [0, 0.05) is 18.8 Å². The van der Waals surface area contributed by atoms with Crippen LogP contribution in [-0.4, -0.2) is 40.1 Å². The van der Waals surface area contributed by atoms with Gasteiger partial charge in [-0.05, 0) is 40.9 Å². The molecule has 2 rings (SSSR count). The summed E-state index contributed by atoms with van der Waals surface area (Å²) in [7, 11) is 0. The number of rotatable bonds is 4. The lowest BCUT2D eigenvalue weighted by Gasteiger charge is -2.21. The van der Waals surface area contributed by atoms with Crippen molar-refractivity contribution in [3.05, 3.63) is 28.5 Å². The summed E-state index contributed by atoms with van der Waals surface area (Å²) >= 11 is 3.26. The predicted molar refractivity (Wildman–Crippen MR) is 63.1 cm³/mol. The van der Waals surface area contributed by atoms with Crippen LogP contribution in [0.15, 0.2) is 22.9 Å². The predicted octanol–water partition coefficient (Wildman–Crippen LogP) is 1.44. The molecular weight excluding hydrogens is 272 g/mol. The molecule has 1 N–H and O–H groups in total. The van der Waals surface area contributed by atoms with Gasteiger partial charge in [0.05, 0.1) is 12.2 Å². The van der Waals surface area contributed by atoms with Crippen LogP contribution in [-0.2, 0) is 0 Å². The molecule has 86 valence electrons. The van der Waals surface area contributed by atoms with Gasteiger partial charge in [-0.1, -0.05) is 0 Å². The average molecular weight is 285 g/mol. The van der Waals surface area contributed by atoms with Gasteiger partial charge >= 0.3 is 0 Å². The van der Waals surface area contributed by atoms with Gasteiger partial charge in [-0.2, -0.15) is 0 Å². The molecule has 0 radical (unpaired) electrons. The Hall–Kier alpha value is -0.940. The zero-order valence-corrected chi connectivity index (χ0v) is 10.4. The number of amides is 1. The van der Waals surface area contributed by atoms with Crippen LogP contribution in [0, 0.1) is 0 Å². The minimum atomic E-state index is -0.0588. The summed E-state index contributed by atoms with van der Waals surface area (Å²) < 4.78 is 0.559. The number of nitrogens with zero attached hydrogens (tertiary/aromatic N) is 2. The molecule has 1 aliphatic carbocycles. The lowest BCUT2D eigenvalue weighted by molar-refractivity contribution is 0.0706. The Bertz CT molecular complexity index is 393. The van der Waals surface area contributed by atoms with Crippen LogP contribution in [0.3, 0.4) is 0 Å². The molecule has 0 aromatic carbocycles. The van der Waals surface area contributed by atoms with Gasteiger partial charge in [-0.15, -0.1) is 0 Å². The summed E-state index contributed by atoms with van der Waals surface area (Å²) in [6, 6.07) is 3.78. The quantitative estimate of drug-likeness (QED) is 0.852. The second-order valence-corrected chi connectivity index (χ2v) is 4.55. The molecule has 4 nitrogen and oxygen atoms in total. The second-order valence-electron chi connectivity index (χ2n) is 3.80. The first-order chi connectivity index (χ1) is 7.74. The van der Waals surface area contributed by atoms with Crippen LogP contribution in [0.4, 0.5) is 0 Å². The summed E-state index contributed by atoms with van der Waals surface area (Å²) in [5.41, 5.74) is 0.558. The largest absolute Gasteiger partial charge is 0.395 e. The van der Waals surface area contributed by atoms with Crippen molar-refractivity contribution in [3.8, 4) is 0 Å². The minimum Gasteiger partial charge on any atom is -0.395 e. The Balaban J connectivity index is 2.19. The van der Waals surface area contributed by atoms with E-state index in [1.807, 2.05) is 0 Å². The van der Waals surface area contributed by atoms with E-state index < -0.39 is 0 Å². The smallest absolute Gasteiger partial charge is 0.256 e. The van der Waals surface area contributed by atoms with Crippen molar-refractivity contribution >= 4 is 21.8 Å². The fraction of sp³-hybridized carbons (Fsp3) is 0.455. The van der Waals surface area contributed by atoms with E-state index in [1.54, 1.807) is 23.2 Å². The monoisotopic (exact) mass is 284 g/mol. The maximum atomic E-state index is 12.2. The number of hydrogen-bond acceptors (Lipinski definition) is 3. The van der Waals surface area contributed by atoms with Crippen molar-refractivity contribution < 1.29 is 9.90 Å². The zero-order valence-electron chi connectivity index (χ0n) is 8.77. The van der Waals surface area contributed by atoms with E-state index >= 15 is 0 Å². The van der Waals surface area contributed by atoms with E-state index in [0.717, 1.165) is 12.8 Å². The lowest BCUT2D eigenvalue weighted by Crippen LogP contribution is -2.35. The molecule has 1 aromatic heterocycles. The number of halogens is 1. The summed E-state index contributed by atoms with van der Waals surface area (Å²) in [4.78, 5) is 17.9. The van der Waals surface area contributed by atoms with Crippen LogP contribution in [0.2, 0.25) is 0 Å². The minimum absolute atomic E-state index is 0.000120. The van der Waals surface area contributed by atoms with Gasteiger partial charge in [-0.3, -0.25) is 4.79 Å². The molecule has 1 aliphatic rings. The molecule has 0 aliphatic heterocycles. The normalized spacial score (nSPS) is 14.9. The molecular formula is C11H13BrN2O2. The lowest BCUT2D eigenvalue weighted by atomic mass is 10.2. The highest BCUT2D eigenvalue weighted by Crippen LogP contribution is 2.28. The molecule has 0 spiro atoms. The number of carbonyl (C=O) groups is 1. The highest BCUT2D eigenvalue weighted by Gasteiger charge is 2.33. The van der Waals surface area contributed by atoms with Crippen LogP contribution in [0.1, 0.15) is 23.2 Å². The molecule has 0 unspecified atom stereocenters. The van der Waals surface area contributed by atoms with E-state index in [-0.39, 0.29) is 12.5 Å². The van der Waals surface area contributed by atoms with Gasteiger partial charge in [0.15, 0.2) is 0 Å². The van der Waals surface area contributed by atoms with Crippen molar-refractivity contribution in [1.82, 2.24) is 9.88 Å². The number of aliphatic hydroxyl groups excluding tert-OH is 1. The first-order valence-electron chi connectivity index (χ1n) is 5.26. The van der Waals surface area contributed by atoms with E-state index in [1.165, 1.54) is 0 Å². The molecule has 1 saturated carbocycles. The highest BCUT2D eigenvalue weighted by atomic mass is 79.9. The second kappa shape index (κ2) is 4.93. The Labute approximate surface area is 102 Å². The molecule has 1 heterocycles. The standard InChI is InChI=1S/C11H13BrN2O2/c12-10-9(2-1-5-13-10)11(16)14(6-7-15)8-3-4-8/h1-2,5,8,15H,3-4,6-7H2. The molecule has 0 saturated heterocycles. The molecule has 16 heavy (non-hydrogen) atoms. The van der Waals surface area contributed by atoms with Crippen molar-refractivity contribution in [2.24, 2.45) is 0 Å². The number of hydrogen-bond donors (Lipinski definition) is 1. The zero-order chi connectivity index (χ0) is 11.5.